The molecular weight excluding hydrogens is 260 g/mol. The molecule has 3 rings (SSSR count). The molecular formula is C14H21ClN4. The summed E-state index contributed by atoms with van der Waals surface area (Å²) in [6.07, 6.45) is 7.50. The van der Waals surface area contributed by atoms with Crippen molar-refractivity contribution in [2.75, 3.05) is 18.4 Å². The van der Waals surface area contributed by atoms with Gasteiger partial charge in [0.25, 0.3) is 0 Å². The fraction of sp³-hybridized carbons (Fsp3) is 0.714. The number of likely N-dealkylation sites (tertiary alicyclic amines) is 1. The van der Waals surface area contributed by atoms with Gasteiger partial charge in [0.2, 0.25) is 0 Å². The summed E-state index contributed by atoms with van der Waals surface area (Å²) >= 11 is 6.18. The minimum atomic E-state index is 0.502. The third-order valence-corrected chi connectivity index (χ3v) is 4.34. The van der Waals surface area contributed by atoms with Gasteiger partial charge in [0.1, 0.15) is 17.3 Å². The van der Waals surface area contributed by atoms with Gasteiger partial charge in [-0.2, -0.15) is 0 Å². The molecule has 1 aliphatic heterocycles. The van der Waals surface area contributed by atoms with E-state index in [-0.39, 0.29) is 0 Å². The Balaban J connectivity index is 1.67. The average molecular weight is 281 g/mol. The smallest absolute Gasteiger partial charge is 0.137 e. The Labute approximate surface area is 119 Å². The summed E-state index contributed by atoms with van der Waals surface area (Å²) in [6, 6.07) is 1.36. The van der Waals surface area contributed by atoms with Crippen LogP contribution in [0.5, 0.6) is 0 Å². The quantitative estimate of drug-likeness (QED) is 0.842. The average Bonchev–Trinajstić information content (AvgIpc) is 3.15. The second-order valence-electron chi connectivity index (χ2n) is 5.60. The van der Waals surface area contributed by atoms with Crippen molar-refractivity contribution in [2.24, 2.45) is 0 Å². The van der Waals surface area contributed by atoms with E-state index in [0.717, 1.165) is 36.8 Å². The zero-order valence-corrected chi connectivity index (χ0v) is 12.2. The molecule has 1 aromatic rings. The van der Waals surface area contributed by atoms with Crippen LogP contribution in [0.1, 0.15) is 38.2 Å². The number of nitrogens with zero attached hydrogens (tertiary/aromatic N) is 3. The van der Waals surface area contributed by atoms with Crippen LogP contribution in [0.4, 0.5) is 5.82 Å². The van der Waals surface area contributed by atoms with E-state index in [1.807, 2.05) is 0 Å². The van der Waals surface area contributed by atoms with E-state index in [2.05, 4.69) is 27.1 Å². The number of hydrogen-bond donors (Lipinski definition) is 1. The van der Waals surface area contributed by atoms with Crippen LogP contribution in [0.15, 0.2) is 6.33 Å². The van der Waals surface area contributed by atoms with Crippen molar-refractivity contribution in [3.63, 3.8) is 0 Å². The maximum absolute atomic E-state index is 6.18. The van der Waals surface area contributed by atoms with Gasteiger partial charge in [0, 0.05) is 30.7 Å². The lowest BCUT2D eigenvalue weighted by atomic mass is 10.1. The summed E-state index contributed by atoms with van der Waals surface area (Å²) in [5.41, 5.74) is 1.07. The van der Waals surface area contributed by atoms with E-state index < -0.39 is 0 Å². The molecule has 1 aliphatic carbocycles. The molecule has 0 spiro atoms. The van der Waals surface area contributed by atoms with Crippen LogP contribution in [0.3, 0.4) is 0 Å². The molecule has 4 nitrogen and oxygen atoms in total. The number of nitrogens with one attached hydrogen (secondary N) is 1. The van der Waals surface area contributed by atoms with E-state index in [1.165, 1.54) is 25.8 Å². The maximum Gasteiger partial charge on any atom is 0.137 e. The monoisotopic (exact) mass is 280 g/mol. The Morgan fingerprint density at radius 2 is 2.21 bits per heavy atom. The van der Waals surface area contributed by atoms with Crippen molar-refractivity contribution in [3.8, 4) is 0 Å². The van der Waals surface area contributed by atoms with Gasteiger partial charge in [0.05, 0.1) is 0 Å². The standard InChI is InChI=1S/C14H21ClN4/c1-2-3-12-13(15)16-9-17-14(12)18-10-6-7-19(8-10)11-4-5-11/h9-11H,2-8H2,1H3,(H,16,17,18). The Bertz CT molecular complexity index is 447. The fourth-order valence-corrected chi connectivity index (χ4v) is 3.08. The van der Waals surface area contributed by atoms with Crippen LogP contribution in [0.25, 0.3) is 0 Å². The summed E-state index contributed by atoms with van der Waals surface area (Å²) in [7, 11) is 0. The maximum atomic E-state index is 6.18. The Morgan fingerprint density at radius 1 is 1.37 bits per heavy atom. The van der Waals surface area contributed by atoms with Crippen molar-refractivity contribution < 1.29 is 0 Å². The lowest BCUT2D eigenvalue weighted by Crippen LogP contribution is -2.28. The highest BCUT2D eigenvalue weighted by molar-refractivity contribution is 6.30. The minimum absolute atomic E-state index is 0.502. The molecule has 1 atom stereocenters. The highest BCUT2D eigenvalue weighted by atomic mass is 35.5. The van der Waals surface area contributed by atoms with Crippen molar-refractivity contribution in [2.45, 2.75) is 51.1 Å². The Morgan fingerprint density at radius 3 is 2.95 bits per heavy atom. The molecule has 2 aliphatic rings. The molecule has 1 aromatic heterocycles. The first-order valence-corrected chi connectivity index (χ1v) is 7.65. The number of anilines is 1. The third-order valence-electron chi connectivity index (χ3n) is 4.02. The first-order chi connectivity index (χ1) is 9.28. The highest BCUT2D eigenvalue weighted by Gasteiger charge is 2.34. The molecule has 104 valence electrons. The summed E-state index contributed by atoms with van der Waals surface area (Å²) in [6.45, 7) is 4.50. The van der Waals surface area contributed by atoms with Gasteiger partial charge in [-0.05, 0) is 25.7 Å². The van der Waals surface area contributed by atoms with E-state index >= 15 is 0 Å². The molecule has 0 amide bonds. The van der Waals surface area contributed by atoms with Gasteiger partial charge in [0.15, 0.2) is 0 Å². The molecule has 2 fully saturated rings. The van der Waals surface area contributed by atoms with Crippen LogP contribution in [-0.4, -0.2) is 40.0 Å². The van der Waals surface area contributed by atoms with Crippen LogP contribution in [-0.2, 0) is 6.42 Å². The topological polar surface area (TPSA) is 41.1 Å². The molecule has 5 heteroatoms. The fourth-order valence-electron chi connectivity index (χ4n) is 2.86. The Kier molecular flexibility index (Phi) is 3.89. The molecule has 0 aromatic carbocycles. The van der Waals surface area contributed by atoms with Crippen LogP contribution < -0.4 is 5.32 Å². The van der Waals surface area contributed by atoms with Crippen LogP contribution >= 0.6 is 11.6 Å². The van der Waals surface area contributed by atoms with Crippen molar-refractivity contribution in [1.82, 2.24) is 14.9 Å². The third kappa shape index (κ3) is 3.00. The predicted molar refractivity (Wildman–Crippen MR) is 77.7 cm³/mol. The first kappa shape index (κ1) is 13.1. The van der Waals surface area contributed by atoms with Gasteiger partial charge in [-0.15, -0.1) is 0 Å². The normalized spacial score (nSPS) is 23.8. The SMILES string of the molecule is CCCc1c(Cl)ncnc1NC1CCN(C2CC2)C1. The first-order valence-electron chi connectivity index (χ1n) is 7.28. The predicted octanol–water partition coefficient (Wildman–Crippen LogP) is 2.73. The summed E-state index contributed by atoms with van der Waals surface area (Å²) in [4.78, 5) is 11.1. The van der Waals surface area contributed by atoms with Crippen LogP contribution in [0.2, 0.25) is 5.15 Å². The van der Waals surface area contributed by atoms with E-state index in [0.29, 0.717) is 11.2 Å². The van der Waals surface area contributed by atoms with Gasteiger partial charge in [-0.3, -0.25) is 4.90 Å². The van der Waals surface area contributed by atoms with E-state index in [9.17, 15) is 0 Å². The van der Waals surface area contributed by atoms with Crippen LogP contribution in [0, 0.1) is 0 Å². The summed E-state index contributed by atoms with van der Waals surface area (Å²) < 4.78 is 0. The van der Waals surface area contributed by atoms with Gasteiger partial charge in [-0.25, -0.2) is 9.97 Å². The highest BCUT2D eigenvalue weighted by Crippen LogP contribution is 2.31. The summed E-state index contributed by atoms with van der Waals surface area (Å²) in [5.74, 6) is 0.935. The van der Waals surface area contributed by atoms with Gasteiger partial charge >= 0.3 is 0 Å². The summed E-state index contributed by atoms with van der Waals surface area (Å²) in [5, 5.41) is 4.16. The molecule has 1 unspecified atom stereocenters. The molecule has 0 bridgehead atoms. The zero-order valence-electron chi connectivity index (χ0n) is 11.4. The van der Waals surface area contributed by atoms with Gasteiger partial charge in [-0.1, -0.05) is 24.9 Å². The van der Waals surface area contributed by atoms with E-state index in [1.54, 1.807) is 6.33 Å². The second-order valence-corrected chi connectivity index (χ2v) is 5.96. The number of aromatic nitrogens is 2. The number of halogens is 1. The zero-order chi connectivity index (χ0) is 13.2. The van der Waals surface area contributed by atoms with Crippen molar-refractivity contribution >= 4 is 17.4 Å². The Hall–Kier alpha value is -0.870. The minimum Gasteiger partial charge on any atom is -0.366 e. The second kappa shape index (κ2) is 5.63. The molecule has 2 heterocycles. The van der Waals surface area contributed by atoms with Gasteiger partial charge < -0.3 is 5.32 Å². The molecule has 1 saturated heterocycles. The van der Waals surface area contributed by atoms with Crippen molar-refractivity contribution in [1.29, 1.82) is 0 Å². The van der Waals surface area contributed by atoms with E-state index in [4.69, 9.17) is 11.6 Å². The molecule has 19 heavy (non-hydrogen) atoms. The van der Waals surface area contributed by atoms with Crippen molar-refractivity contribution in [3.05, 3.63) is 17.0 Å². The largest absolute Gasteiger partial charge is 0.366 e. The number of hydrogen-bond acceptors (Lipinski definition) is 4. The number of rotatable bonds is 5. The molecule has 1 N–H and O–H groups in total. The lowest BCUT2D eigenvalue weighted by molar-refractivity contribution is 0.326. The molecule has 0 radical (unpaired) electrons. The molecule has 1 saturated carbocycles. The lowest BCUT2D eigenvalue weighted by Gasteiger charge is -2.18.